The molecule has 0 bridgehead atoms. The summed E-state index contributed by atoms with van der Waals surface area (Å²) in [6, 6.07) is 1.35. The molecule has 1 heterocycles. The number of aryl methyl sites for hydroxylation is 1. The van der Waals surface area contributed by atoms with Gasteiger partial charge in [-0.25, -0.2) is 4.79 Å². The van der Waals surface area contributed by atoms with E-state index >= 15 is 0 Å². The summed E-state index contributed by atoms with van der Waals surface area (Å²) in [6.45, 7) is 5.42. The smallest absolute Gasteiger partial charge is 0.341 e. The molecule has 1 rings (SSSR count). The molecule has 0 saturated heterocycles. The van der Waals surface area contributed by atoms with Gasteiger partial charge in [0.2, 0.25) is 5.91 Å². The number of nitrogens with two attached hydrogens (primary N) is 1. The molecule has 0 aliphatic carbocycles. The fraction of sp³-hybridized carbons (Fsp3) is 0.538. The zero-order chi connectivity index (χ0) is 14.6. The van der Waals surface area contributed by atoms with Crippen molar-refractivity contribution in [1.82, 2.24) is 5.32 Å². The number of methoxy groups -OCH3 is 1. The Labute approximate surface area is 124 Å². The maximum atomic E-state index is 11.7. The summed E-state index contributed by atoms with van der Waals surface area (Å²) in [6.07, 6.45) is 0. The Hall–Kier alpha value is -1.53. The fourth-order valence-corrected chi connectivity index (χ4v) is 1.52. The highest BCUT2D eigenvalue weighted by Crippen LogP contribution is 2.15. The number of hydrogen-bond acceptors (Lipinski definition) is 5. The van der Waals surface area contributed by atoms with Gasteiger partial charge in [0.1, 0.15) is 17.1 Å². The molecular formula is C13H21ClN2O4. The van der Waals surface area contributed by atoms with E-state index < -0.39 is 5.97 Å². The summed E-state index contributed by atoms with van der Waals surface area (Å²) in [5, 5.41) is 2.71. The molecule has 0 radical (unpaired) electrons. The van der Waals surface area contributed by atoms with Gasteiger partial charge in [0.15, 0.2) is 0 Å². The minimum atomic E-state index is -0.456. The van der Waals surface area contributed by atoms with E-state index in [-0.39, 0.29) is 36.8 Å². The first-order chi connectivity index (χ1) is 8.86. The molecule has 0 aliphatic heterocycles. The van der Waals surface area contributed by atoms with Crippen molar-refractivity contribution in [1.29, 1.82) is 0 Å². The number of esters is 1. The van der Waals surface area contributed by atoms with Crippen LogP contribution < -0.4 is 11.1 Å². The summed E-state index contributed by atoms with van der Waals surface area (Å²) in [5.41, 5.74) is 6.01. The highest BCUT2D eigenvalue weighted by Gasteiger charge is 2.19. The first kappa shape index (κ1) is 18.5. The Morgan fingerprint density at radius 1 is 1.45 bits per heavy atom. The zero-order valence-corrected chi connectivity index (χ0v) is 12.9. The highest BCUT2D eigenvalue weighted by molar-refractivity contribution is 5.90. The standard InChI is InChI=1S/C13H20N2O4.ClH/c1-7(8(2)14)12(16)15-6-10-5-11(9(3)19-10)13(17)18-4;/h5,7-8H,6,14H2,1-4H3,(H,15,16);1H. The number of ether oxygens (including phenoxy) is 1. The van der Waals surface area contributed by atoms with E-state index in [9.17, 15) is 9.59 Å². The second-order valence-electron chi connectivity index (χ2n) is 4.54. The summed E-state index contributed by atoms with van der Waals surface area (Å²) in [5.74, 6) is 0.0852. The lowest BCUT2D eigenvalue weighted by atomic mass is 10.0. The molecule has 0 spiro atoms. The molecule has 2 unspecified atom stereocenters. The topological polar surface area (TPSA) is 94.6 Å². The molecule has 0 saturated carbocycles. The van der Waals surface area contributed by atoms with E-state index in [1.807, 2.05) is 0 Å². The van der Waals surface area contributed by atoms with Gasteiger partial charge in [-0.2, -0.15) is 0 Å². The quantitative estimate of drug-likeness (QED) is 0.802. The number of nitrogens with one attached hydrogen (secondary N) is 1. The number of amides is 1. The van der Waals surface area contributed by atoms with E-state index in [1.54, 1.807) is 26.8 Å². The molecule has 114 valence electrons. The predicted octanol–water partition coefficient (Wildman–Crippen LogP) is 1.40. The minimum Gasteiger partial charge on any atom is -0.465 e. The van der Waals surface area contributed by atoms with Crippen LogP contribution in [0.3, 0.4) is 0 Å². The van der Waals surface area contributed by atoms with E-state index in [0.717, 1.165) is 0 Å². The Bertz CT molecular complexity index is 471. The van der Waals surface area contributed by atoms with Gasteiger partial charge >= 0.3 is 5.97 Å². The van der Waals surface area contributed by atoms with Gasteiger partial charge in [-0.15, -0.1) is 12.4 Å². The number of hydrogen-bond donors (Lipinski definition) is 2. The van der Waals surface area contributed by atoms with Crippen molar-refractivity contribution < 1.29 is 18.7 Å². The molecule has 0 aliphatic rings. The summed E-state index contributed by atoms with van der Waals surface area (Å²) < 4.78 is 10.0. The van der Waals surface area contributed by atoms with Gasteiger partial charge in [0.05, 0.1) is 13.7 Å². The monoisotopic (exact) mass is 304 g/mol. The third-order valence-corrected chi connectivity index (χ3v) is 3.01. The van der Waals surface area contributed by atoms with Crippen LogP contribution in [-0.4, -0.2) is 25.0 Å². The van der Waals surface area contributed by atoms with Crippen LogP contribution in [0.4, 0.5) is 0 Å². The average molecular weight is 305 g/mol. The van der Waals surface area contributed by atoms with Gasteiger partial charge in [-0.3, -0.25) is 4.79 Å². The molecule has 1 aromatic rings. The molecule has 3 N–H and O–H groups in total. The third-order valence-electron chi connectivity index (χ3n) is 3.01. The lowest BCUT2D eigenvalue weighted by Crippen LogP contribution is -2.38. The van der Waals surface area contributed by atoms with E-state index in [1.165, 1.54) is 7.11 Å². The van der Waals surface area contributed by atoms with Gasteiger partial charge in [0, 0.05) is 12.0 Å². The van der Waals surface area contributed by atoms with Crippen molar-refractivity contribution in [2.75, 3.05) is 7.11 Å². The van der Waals surface area contributed by atoms with Crippen molar-refractivity contribution in [3.8, 4) is 0 Å². The van der Waals surface area contributed by atoms with Crippen LogP contribution in [0.1, 0.15) is 35.7 Å². The first-order valence-electron chi connectivity index (χ1n) is 6.07. The van der Waals surface area contributed by atoms with Crippen molar-refractivity contribution >= 4 is 24.3 Å². The summed E-state index contributed by atoms with van der Waals surface area (Å²) >= 11 is 0. The SMILES string of the molecule is COC(=O)c1cc(CNC(=O)C(C)C(C)N)oc1C.Cl. The molecule has 0 fully saturated rings. The number of halogens is 1. The lowest BCUT2D eigenvalue weighted by Gasteiger charge is -2.14. The Morgan fingerprint density at radius 2 is 2.05 bits per heavy atom. The second kappa shape index (κ2) is 7.91. The van der Waals surface area contributed by atoms with Crippen molar-refractivity contribution in [2.24, 2.45) is 11.7 Å². The zero-order valence-electron chi connectivity index (χ0n) is 12.1. The third kappa shape index (κ3) is 4.54. The largest absolute Gasteiger partial charge is 0.465 e. The van der Waals surface area contributed by atoms with Gasteiger partial charge in [-0.1, -0.05) is 6.92 Å². The van der Waals surface area contributed by atoms with Gasteiger partial charge in [-0.05, 0) is 19.9 Å². The Morgan fingerprint density at radius 3 is 2.55 bits per heavy atom. The van der Waals surface area contributed by atoms with Crippen LogP contribution in [0.2, 0.25) is 0 Å². The molecule has 7 heteroatoms. The van der Waals surface area contributed by atoms with E-state index in [4.69, 9.17) is 10.2 Å². The van der Waals surface area contributed by atoms with Crippen LogP contribution in [0.15, 0.2) is 10.5 Å². The first-order valence-corrected chi connectivity index (χ1v) is 6.07. The Balaban J connectivity index is 0.00000361. The number of rotatable bonds is 5. The van der Waals surface area contributed by atoms with E-state index in [2.05, 4.69) is 10.1 Å². The second-order valence-corrected chi connectivity index (χ2v) is 4.54. The Kier molecular flexibility index (Phi) is 7.31. The molecular weight excluding hydrogens is 284 g/mol. The van der Waals surface area contributed by atoms with Crippen molar-refractivity contribution in [3.63, 3.8) is 0 Å². The molecule has 2 atom stereocenters. The molecule has 20 heavy (non-hydrogen) atoms. The van der Waals surface area contributed by atoms with Crippen LogP contribution >= 0.6 is 12.4 Å². The van der Waals surface area contributed by atoms with Crippen LogP contribution in [0.5, 0.6) is 0 Å². The molecule has 1 amide bonds. The minimum absolute atomic E-state index is 0. The fourth-order valence-electron chi connectivity index (χ4n) is 1.52. The number of carbonyl (C=O) groups is 2. The molecule has 0 aromatic carbocycles. The average Bonchev–Trinajstić information content (AvgIpc) is 2.75. The van der Waals surface area contributed by atoms with Crippen LogP contribution in [0, 0.1) is 12.8 Å². The molecule has 6 nitrogen and oxygen atoms in total. The normalized spacial score (nSPS) is 13.1. The lowest BCUT2D eigenvalue weighted by molar-refractivity contribution is -0.125. The number of furan rings is 1. The number of carbonyl (C=O) groups excluding carboxylic acids is 2. The van der Waals surface area contributed by atoms with Crippen molar-refractivity contribution in [2.45, 2.75) is 33.4 Å². The predicted molar refractivity (Wildman–Crippen MR) is 76.7 cm³/mol. The molecule has 1 aromatic heterocycles. The van der Waals surface area contributed by atoms with Gasteiger partial charge in [0.25, 0.3) is 0 Å². The maximum Gasteiger partial charge on any atom is 0.341 e. The summed E-state index contributed by atoms with van der Waals surface area (Å²) in [7, 11) is 1.31. The maximum absolute atomic E-state index is 11.7. The van der Waals surface area contributed by atoms with Crippen LogP contribution in [0.25, 0.3) is 0 Å². The highest BCUT2D eigenvalue weighted by atomic mass is 35.5. The van der Waals surface area contributed by atoms with Gasteiger partial charge < -0.3 is 20.2 Å². The van der Waals surface area contributed by atoms with E-state index in [0.29, 0.717) is 17.1 Å². The summed E-state index contributed by atoms with van der Waals surface area (Å²) in [4.78, 5) is 23.1. The van der Waals surface area contributed by atoms with Crippen molar-refractivity contribution in [3.05, 3.63) is 23.2 Å². The van der Waals surface area contributed by atoms with Crippen LogP contribution in [-0.2, 0) is 16.1 Å².